The first-order valence-electron chi connectivity index (χ1n) is 9.63. The molecule has 0 saturated carbocycles. The number of ketones is 1. The minimum Gasteiger partial charge on any atom is -0.507 e. The minimum absolute atomic E-state index is 0.102. The van der Waals surface area contributed by atoms with Crippen LogP contribution in [0.4, 0.5) is 15.8 Å². The summed E-state index contributed by atoms with van der Waals surface area (Å²) in [6, 6.07) is 16.8. The van der Waals surface area contributed by atoms with Crippen molar-refractivity contribution in [2.75, 3.05) is 4.90 Å². The molecule has 1 amide bonds. The first-order valence-corrected chi connectivity index (χ1v) is 9.63. The zero-order chi connectivity index (χ0) is 23.7. The van der Waals surface area contributed by atoms with E-state index in [2.05, 4.69) is 0 Å². The number of carbonyl (C=O) groups excluding carboxylic acids is 2. The Morgan fingerprint density at radius 3 is 2.15 bits per heavy atom. The number of nitro benzene ring substituents is 1. The number of carbonyl (C=O) groups is 2. The van der Waals surface area contributed by atoms with Gasteiger partial charge in [0.05, 0.1) is 28.2 Å². The molecule has 1 atom stereocenters. The molecule has 1 aliphatic heterocycles. The van der Waals surface area contributed by atoms with Crippen LogP contribution in [0.3, 0.4) is 0 Å². The number of anilines is 1. The van der Waals surface area contributed by atoms with E-state index >= 15 is 0 Å². The third kappa shape index (κ3) is 3.81. The molecule has 1 fully saturated rings. The number of nitro groups is 1. The standard InChI is InChI=1S/C24H14FN3O5/c25-17-7-3-15(4-8-17)21-20(22(29)16-5-11-19(12-6-16)28(32)33)23(30)24(31)27(21)18-9-1-14(13-26)2-10-18/h1-12,21,29H/b22-20-. The van der Waals surface area contributed by atoms with Crippen molar-refractivity contribution in [1.29, 1.82) is 5.26 Å². The van der Waals surface area contributed by atoms with E-state index in [0.29, 0.717) is 16.8 Å². The molecule has 3 aromatic carbocycles. The molecule has 4 rings (SSSR count). The summed E-state index contributed by atoms with van der Waals surface area (Å²) in [5.41, 5.74) is 0.658. The van der Waals surface area contributed by atoms with Crippen LogP contribution in [-0.4, -0.2) is 21.7 Å². The Morgan fingerprint density at radius 1 is 1.00 bits per heavy atom. The number of nitrogens with zero attached hydrogens (tertiary/aromatic N) is 3. The molecule has 1 saturated heterocycles. The van der Waals surface area contributed by atoms with E-state index < -0.39 is 34.2 Å². The van der Waals surface area contributed by atoms with Crippen molar-refractivity contribution in [3.63, 3.8) is 0 Å². The normalized spacial score (nSPS) is 17.1. The van der Waals surface area contributed by atoms with Crippen molar-refractivity contribution in [3.8, 4) is 6.07 Å². The smallest absolute Gasteiger partial charge is 0.300 e. The Bertz CT molecular complexity index is 1340. The van der Waals surface area contributed by atoms with Crippen molar-refractivity contribution < 1.29 is 24.0 Å². The lowest BCUT2D eigenvalue weighted by molar-refractivity contribution is -0.384. The number of halogens is 1. The average Bonchev–Trinajstić information content (AvgIpc) is 3.09. The summed E-state index contributed by atoms with van der Waals surface area (Å²) in [5.74, 6) is -2.93. The van der Waals surface area contributed by atoms with Crippen molar-refractivity contribution in [2.24, 2.45) is 0 Å². The van der Waals surface area contributed by atoms with E-state index in [0.717, 1.165) is 4.90 Å². The summed E-state index contributed by atoms with van der Waals surface area (Å²) in [6.45, 7) is 0. The van der Waals surface area contributed by atoms with E-state index in [4.69, 9.17) is 5.26 Å². The number of benzene rings is 3. The summed E-state index contributed by atoms with van der Waals surface area (Å²) in [6.07, 6.45) is 0. The van der Waals surface area contributed by atoms with Gasteiger partial charge in [0.25, 0.3) is 17.4 Å². The first kappa shape index (κ1) is 21.4. The number of aliphatic hydroxyl groups excluding tert-OH is 1. The van der Waals surface area contributed by atoms with Crippen LogP contribution in [0.25, 0.3) is 5.76 Å². The molecule has 0 bridgehead atoms. The number of hydrogen-bond donors (Lipinski definition) is 1. The van der Waals surface area contributed by atoms with Gasteiger partial charge in [-0.1, -0.05) is 12.1 Å². The monoisotopic (exact) mass is 443 g/mol. The number of hydrogen-bond acceptors (Lipinski definition) is 6. The minimum atomic E-state index is -1.09. The Kier molecular flexibility index (Phi) is 5.42. The molecule has 0 aliphatic carbocycles. The van der Waals surface area contributed by atoms with E-state index in [1.165, 1.54) is 72.8 Å². The summed E-state index contributed by atoms with van der Waals surface area (Å²) in [5, 5.41) is 30.9. The number of rotatable bonds is 4. The lowest BCUT2D eigenvalue weighted by Gasteiger charge is -2.25. The lowest BCUT2D eigenvalue weighted by Crippen LogP contribution is -2.29. The summed E-state index contributed by atoms with van der Waals surface area (Å²) < 4.78 is 13.6. The molecule has 1 N–H and O–H groups in total. The van der Waals surface area contributed by atoms with Gasteiger partial charge in [-0.2, -0.15) is 5.26 Å². The second kappa shape index (κ2) is 8.36. The van der Waals surface area contributed by atoms with Gasteiger partial charge in [-0.05, 0) is 54.1 Å². The molecule has 33 heavy (non-hydrogen) atoms. The quantitative estimate of drug-likeness (QED) is 0.212. The fourth-order valence-corrected chi connectivity index (χ4v) is 3.65. The SMILES string of the molecule is N#Cc1ccc(N2C(=O)C(=O)/C(=C(\O)c3ccc([N+](=O)[O-])cc3)C2c2ccc(F)cc2)cc1. The van der Waals surface area contributed by atoms with Crippen LogP contribution in [-0.2, 0) is 9.59 Å². The average molecular weight is 443 g/mol. The van der Waals surface area contributed by atoms with Crippen LogP contribution >= 0.6 is 0 Å². The molecule has 1 unspecified atom stereocenters. The van der Waals surface area contributed by atoms with Gasteiger partial charge in [0.1, 0.15) is 11.6 Å². The van der Waals surface area contributed by atoms with Gasteiger partial charge in [0.2, 0.25) is 0 Å². The van der Waals surface area contributed by atoms with Crippen molar-refractivity contribution in [3.05, 3.63) is 111 Å². The van der Waals surface area contributed by atoms with Gasteiger partial charge in [-0.25, -0.2) is 4.39 Å². The van der Waals surface area contributed by atoms with Gasteiger partial charge in [-0.3, -0.25) is 24.6 Å². The molecule has 0 radical (unpaired) electrons. The first-order chi connectivity index (χ1) is 15.8. The van der Waals surface area contributed by atoms with Crippen LogP contribution in [0.15, 0.2) is 78.4 Å². The fourth-order valence-electron chi connectivity index (χ4n) is 3.65. The van der Waals surface area contributed by atoms with Gasteiger partial charge in [0, 0.05) is 23.4 Å². The molecule has 8 nitrogen and oxygen atoms in total. The number of amides is 1. The zero-order valence-electron chi connectivity index (χ0n) is 16.8. The van der Waals surface area contributed by atoms with E-state index in [1.54, 1.807) is 0 Å². The largest absolute Gasteiger partial charge is 0.507 e. The maximum atomic E-state index is 13.6. The van der Waals surface area contributed by atoms with Crippen LogP contribution in [0.2, 0.25) is 0 Å². The predicted molar refractivity (Wildman–Crippen MR) is 115 cm³/mol. The molecule has 3 aromatic rings. The Balaban J connectivity index is 1.90. The second-order valence-electron chi connectivity index (χ2n) is 7.18. The van der Waals surface area contributed by atoms with E-state index in [-0.39, 0.29) is 16.8 Å². The van der Waals surface area contributed by atoms with Gasteiger partial charge >= 0.3 is 0 Å². The Labute approximate surface area is 186 Å². The third-order valence-corrected chi connectivity index (χ3v) is 5.26. The van der Waals surface area contributed by atoms with E-state index in [1.807, 2.05) is 6.07 Å². The predicted octanol–water partition coefficient (Wildman–Crippen LogP) is 4.23. The maximum absolute atomic E-state index is 13.6. The number of aliphatic hydroxyl groups is 1. The van der Waals surface area contributed by atoms with Crippen LogP contribution in [0.5, 0.6) is 0 Å². The highest BCUT2D eigenvalue weighted by Crippen LogP contribution is 2.42. The van der Waals surface area contributed by atoms with Crippen molar-refractivity contribution in [1.82, 2.24) is 0 Å². The third-order valence-electron chi connectivity index (χ3n) is 5.26. The zero-order valence-corrected chi connectivity index (χ0v) is 16.8. The lowest BCUT2D eigenvalue weighted by atomic mass is 9.95. The topological polar surface area (TPSA) is 125 Å². The molecule has 162 valence electrons. The summed E-state index contributed by atoms with van der Waals surface area (Å²) in [7, 11) is 0. The molecular weight excluding hydrogens is 429 g/mol. The molecule has 9 heteroatoms. The van der Waals surface area contributed by atoms with Crippen LogP contribution < -0.4 is 4.90 Å². The summed E-state index contributed by atoms with van der Waals surface area (Å²) in [4.78, 5) is 37.5. The van der Waals surface area contributed by atoms with Crippen molar-refractivity contribution in [2.45, 2.75) is 6.04 Å². The van der Waals surface area contributed by atoms with Crippen LogP contribution in [0, 0.1) is 27.3 Å². The van der Waals surface area contributed by atoms with Gasteiger partial charge in [0.15, 0.2) is 0 Å². The molecular formula is C24H14FN3O5. The van der Waals surface area contributed by atoms with Gasteiger partial charge in [-0.15, -0.1) is 0 Å². The van der Waals surface area contributed by atoms with Gasteiger partial charge < -0.3 is 5.11 Å². The Hall–Kier alpha value is -4.84. The molecule has 0 spiro atoms. The molecule has 1 heterocycles. The highest BCUT2D eigenvalue weighted by molar-refractivity contribution is 6.51. The second-order valence-corrected chi connectivity index (χ2v) is 7.18. The Morgan fingerprint density at radius 2 is 1.61 bits per heavy atom. The number of nitriles is 1. The molecule has 0 aromatic heterocycles. The molecule has 1 aliphatic rings. The van der Waals surface area contributed by atoms with Crippen LogP contribution in [0.1, 0.15) is 22.7 Å². The number of non-ortho nitro benzene ring substituents is 1. The highest BCUT2D eigenvalue weighted by Gasteiger charge is 2.47. The van der Waals surface area contributed by atoms with Crippen molar-refractivity contribution >= 4 is 28.8 Å². The fraction of sp³-hybridized carbons (Fsp3) is 0.0417. The maximum Gasteiger partial charge on any atom is 0.300 e. The van der Waals surface area contributed by atoms with E-state index in [9.17, 15) is 29.2 Å². The summed E-state index contributed by atoms with van der Waals surface area (Å²) >= 11 is 0. The highest BCUT2D eigenvalue weighted by atomic mass is 19.1. The number of Topliss-reactive ketones (excluding diaryl/α,β-unsaturated/α-hetero) is 1.